The van der Waals surface area contributed by atoms with E-state index in [1.807, 2.05) is 0 Å². The van der Waals surface area contributed by atoms with Gasteiger partial charge >= 0.3 is 0 Å². The molecule has 1 aromatic heterocycles. The van der Waals surface area contributed by atoms with E-state index in [1.54, 1.807) is 43.3 Å². The first-order chi connectivity index (χ1) is 11.1. The average molecular weight is 310 g/mol. The maximum absolute atomic E-state index is 11.8. The first-order valence-electron chi connectivity index (χ1n) is 6.73. The molecule has 0 aliphatic carbocycles. The first kappa shape index (κ1) is 16.0. The van der Waals surface area contributed by atoms with Crippen molar-refractivity contribution in [3.63, 3.8) is 0 Å². The number of benzene rings is 1. The molecule has 2 aromatic rings. The number of pyridine rings is 1. The van der Waals surface area contributed by atoms with E-state index in [1.165, 1.54) is 24.5 Å². The molecule has 23 heavy (non-hydrogen) atoms. The molecule has 0 aliphatic rings. The third-order valence-electron chi connectivity index (χ3n) is 2.87. The van der Waals surface area contributed by atoms with Gasteiger partial charge in [0.1, 0.15) is 0 Å². The van der Waals surface area contributed by atoms with Crippen LogP contribution in [0.3, 0.4) is 0 Å². The molecule has 0 spiro atoms. The molecule has 0 bridgehead atoms. The van der Waals surface area contributed by atoms with Gasteiger partial charge in [-0.25, -0.2) is 5.43 Å². The standard InChI is InChI=1S/C16H14N4O3/c1-12(18-19-16(21)14-7-9-17-10-8-14)5-6-13-3-2-4-15(11-13)20(22)23/h2-11H,1H3,(H,19,21)/b6-5+,18-12+. The largest absolute Gasteiger partial charge is 0.271 e. The van der Waals surface area contributed by atoms with Crippen LogP contribution in [-0.4, -0.2) is 21.5 Å². The topological polar surface area (TPSA) is 97.5 Å². The molecule has 1 aromatic carbocycles. The Morgan fingerprint density at radius 3 is 2.74 bits per heavy atom. The number of nitro benzene ring substituents is 1. The molecular weight excluding hydrogens is 296 g/mol. The highest BCUT2D eigenvalue weighted by atomic mass is 16.6. The van der Waals surface area contributed by atoms with Crippen molar-refractivity contribution in [3.8, 4) is 0 Å². The second-order valence-electron chi connectivity index (χ2n) is 4.62. The van der Waals surface area contributed by atoms with Crippen molar-refractivity contribution in [2.75, 3.05) is 0 Å². The van der Waals surface area contributed by atoms with Gasteiger partial charge in [-0.1, -0.05) is 18.2 Å². The van der Waals surface area contributed by atoms with Gasteiger partial charge in [0.15, 0.2) is 0 Å². The number of carbonyl (C=O) groups excluding carboxylic acids is 1. The van der Waals surface area contributed by atoms with Crippen molar-refractivity contribution in [2.24, 2.45) is 5.10 Å². The van der Waals surface area contributed by atoms with Crippen LogP contribution in [0, 0.1) is 10.1 Å². The number of hydrogen-bond acceptors (Lipinski definition) is 5. The number of amides is 1. The van der Waals surface area contributed by atoms with Crippen LogP contribution in [0.5, 0.6) is 0 Å². The SMILES string of the molecule is CC(/C=C/c1cccc([N+](=O)[O-])c1)=N\NC(=O)c1ccncc1. The number of nitrogens with zero attached hydrogens (tertiary/aromatic N) is 3. The molecule has 1 heterocycles. The number of nitro groups is 1. The summed E-state index contributed by atoms with van der Waals surface area (Å²) in [7, 11) is 0. The summed E-state index contributed by atoms with van der Waals surface area (Å²) >= 11 is 0. The molecule has 0 aliphatic heterocycles. The quantitative estimate of drug-likeness (QED) is 0.521. The molecule has 1 N–H and O–H groups in total. The summed E-state index contributed by atoms with van der Waals surface area (Å²) in [5, 5.41) is 14.7. The van der Waals surface area contributed by atoms with Crippen LogP contribution in [0.15, 0.2) is 60.0 Å². The van der Waals surface area contributed by atoms with E-state index < -0.39 is 4.92 Å². The predicted molar refractivity (Wildman–Crippen MR) is 86.9 cm³/mol. The number of rotatable bonds is 5. The molecular formula is C16H14N4O3. The normalized spacial score (nSPS) is 11.4. The van der Waals surface area contributed by atoms with E-state index >= 15 is 0 Å². The predicted octanol–water partition coefficient (Wildman–Crippen LogP) is 2.81. The van der Waals surface area contributed by atoms with Crippen molar-refractivity contribution in [1.82, 2.24) is 10.4 Å². The van der Waals surface area contributed by atoms with E-state index in [9.17, 15) is 14.9 Å². The van der Waals surface area contributed by atoms with Crippen molar-refractivity contribution >= 4 is 23.4 Å². The fourth-order valence-corrected chi connectivity index (χ4v) is 1.70. The second-order valence-corrected chi connectivity index (χ2v) is 4.62. The van der Waals surface area contributed by atoms with Crippen molar-refractivity contribution in [2.45, 2.75) is 6.92 Å². The van der Waals surface area contributed by atoms with Crippen LogP contribution >= 0.6 is 0 Å². The molecule has 0 atom stereocenters. The Kier molecular flexibility index (Phi) is 5.30. The van der Waals surface area contributed by atoms with Gasteiger partial charge < -0.3 is 0 Å². The third-order valence-corrected chi connectivity index (χ3v) is 2.87. The first-order valence-corrected chi connectivity index (χ1v) is 6.73. The van der Waals surface area contributed by atoms with Crippen LogP contribution < -0.4 is 5.43 Å². The van der Waals surface area contributed by atoms with Crippen LogP contribution in [0.2, 0.25) is 0 Å². The molecule has 0 saturated heterocycles. The monoisotopic (exact) mass is 310 g/mol. The number of carbonyl (C=O) groups is 1. The zero-order valence-corrected chi connectivity index (χ0v) is 12.3. The number of aromatic nitrogens is 1. The Labute approximate surface area is 132 Å². The number of nitrogens with one attached hydrogen (secondary N) is 1. The number of hydrogen-bond donors (Lipinski definition) is 1. The Balaban J connectivity index is 2.00. The van der Waals surface area contributed by atoms with Gasteiger partial charge in [0.2, 0.25) is 0 Å². The summed E-state index contributed by atoms with van der Waals surface area (Å²) in [5.74, 6) is -0.338. The molecule has 1 amide bonds. The summed E-state index contributed by atoms with van der Waals surface area (Å²) in [6.45, 7) is 1.71. The van der Waals surface area contributed by atoms with E-state index in [2.05, 4.69) is 15.5 Å². The van der Waals surface area contributed by atoms with Crippen LogP contribution in [-0.2, 0) is 0 Å². The highest BCUT2D eigenvalue weighted by molar-refractivity contribution is 5.99. The van der Waals surface area contributed by atoms with Crippen molar-refractivity contribution in [3.05, 3.63) is 76.1 Å². The Bertz CT molecular complexity index is 770. The molecule has 7 nitrogen and oxygen atoms in total. The molecule has 0 saturated carbocycles. The summed E-state index contributed by atoms with van der Waals surface area (Å²) in [6, 6.07) is 9.40. The Morgan fingerprint density at radius 2 is 2.04 bits per heavy atom. The van der Waals surface area contributed by atoms with E-state index in [0.717, 1.165) is 0 Å². The molecule has 0 radical (unpaired) electrons. The lowest BCUT2D eigenvalue weighted by molar-refractivity contribution is -0.384. The Hall–Kier alpha value is -3.35. The smallest absolute Gasteiger partial charge is 0.267 e. The molecule has 116 valence electrons. The zero-order valence-electron chi connectivity index (χ0n) is 12.3. The molecule has 0 fully saturated rings. The third kappa shape index (κ3) is 4.85. The second kappa shape index (κ2) is 7.60. The van der Waals surface area contributed by atoms with E-state index in [0.29, 0.717) is 16.8 Å². The van der Waals surface area contributed by atoms with Crippen LogP contribution in [0.25, 0.3) is 6.08 Å². The van der Waals surface area contributed by atoms with Crippen molar-refractivity contribution < 1.29 is 9.72 Å². The summed E-state index contributed by atoms with van der Waals surface area (Å²) < 4.78 is 0. The van der Waals surface area contributed by atoms with E-state index in [-0.39, 0.29) is 11.6 Å². The summed E-state index contributed by atoms with van der Waals surface area (Å²) in [5.41, 5.74) is 4.13. The van der Waals surface area contributed by atoms with Crippen molar-refractivity contribution in [1.29, 1.82) is 0 Å². The minimum atomic E-state index is -0.451. The Morgan fingerprint density at radius 1 is 1.30 bits per heavy atom. The minimum Gasteiger partial charge on any atom is -0.267 e. The lowest BCUT2D eigenvalue weighted by Gasteiger charge is -1.99. The van der Waals surface area contributed by atoms with E-state index in [4.69, 9.17) is 0 Å². The van der Waals surface area contributed by atoms with Gasteiger partial charge in [0, 0.05) is 30.1 Å². The number of non-ortho nitro benzene ring substituents is 1. The molecule has 7 heteroatoms. The van der Waals surface area contributed by atoms with Gasteiger partial charge in [-0.15, -0.1) is 0 Å². The highest BCUT2D eigenvalue weighted by Gasteiger charge is 2.04. The van der Waals surface area contributed by atoms with Gasteiger partial charge in [0.05, 0.1) is 10.6 Å². The number of hydrazone groups is 1. The fourth-order valence-electron chi connectivity index (χ4n) is 1.70. The molecule has 2 rings (SSSR count). The van der Waals surface area contributed by atoms with Gasteiger partial charge in [-0.2, -0.15) is 5.10 Å². The lowest BCUT2D eigenvalue weighted by Crippen LogP contribution is -2.18. The maximum Gasteiger partial charge on any atom is 0.271 e. The highest BCUT2D eigenvalue weighted by Crippen LogP contribution is 2.14. The van der Waals surface area contributed by atoms with Gasteiger partial charge in [-0.05, 0) is 30.7 Å². The van der Waals surface area contributed by atoms with Crippen LogP contribution in [0.4, 0.5) is 5.69 Å². The molecule has 0 unspecified atom stereocenters. The van der Waals surface area contributed by atoms with Gasteiger partial charge in [-0.3, -0.25) is 19.9 Å². The lowest BCUT2D eigenvalue weighted by atomic mass is 10.2. The summed E-state index contributed by atoms with van der Waals surface area (Å²) in [4.78, 5) is 25.9. The minimum absolute atomic E-state index is 0.0210. The van der Waals surface area contributed by atoms with Gasteiger partial charge in [0.25, 0.3) is 11.6 Å². The van der Waals surface area contributed by atoms with Crippen LogP contribution in [0.1, 0.15) is 22.8 Å². The fraction of sp³-hybridized carbons (Fsp3) is 0.0625. The average Bonchev–Trinajstić information content (AvgIpc) is 2.58. The summed E-state index contributed by atoms with van der Waals surface area (Å²) in [6.07, 6.45) is 6.39. The maximum atomic E-state index is 11.8. The zero-order chi connectivity index (χ0) is 16.7. The number of allylic oxidation sites excluding steroid dienone is 1.